The molecule has 0 aliphatic carbocycles. The lowest BCUT2D eigenvalue weighted by Crippen LogP contribution is -2.15. The Balaban J connectivity index is 1.71. The smallest absolute Gasteiger partial charge is 0.261 e. The van der Waals surface area contributed by atoms with E-state index in [0.29, 0.717) is 35.0 Å². The number of benzene rings is 3. The number of anilines is 2. The maximum Gasteiger partial charge on any atom is 0.261 e. The average molecular weight is 505 g/mol. The van der Waals surface area contributed by atoms with E-state index in [1.807, 2.05) is 6.92 Å². The van der Waals surface area contributed by atoms with Crippen LogP contribution in [0.2, 0.25) is 0 Å². The number of hydrogen-bond acceptors (Lipinski definition) is 5. The molecule has 0 spiro atoms. The molecule has 0 fully saturated rings. The van der Waals surface area contributed by atoms with E-state index in [-0.39, 0.29) is 10.8 Å². The van der Waals surface area contributed by atoms with E-state index in [4.69, 9.17) is 9.47 Å². The van der Waals surface area contributed by atoms with Crippen LogP contribution in [0, 0.1) is 0 Å². The number of carbonyl (C=O) groups is 1. The summed E-state index contributed by atoms with van der Waals surface area (Å²) >= 11 is 3.33. The van der Waals surface area contributed by atoms with Gasteiger partial charge in [0.15, 0.2) is 0 Å². The molecule has 0 aliphatic rings. The Morgan fingerprint density at radius 1 is 0.968 bits per heavy atom. The van der Waals surface area contributed by atoms with E-state index in [9.17, 15) is 13.2 Å². The standard InChI is InChI=1S/C22H21BrN2O5S/c1-3-30-18-9-5-17(6-10-18)25-31(27,28)19-11-7-16(8-12-19)24-22(26)20-14-15(23)4-13-21(20)29-2/h4-14,25H,3H2,1-2H3,(H,24,26). The fourth-order valence-electron chi connectivity index (χ4n) is 2.77. The third-order valence-corrected chi connectivity index (χ3v) is 6.14. The molecule has 0 aliphatic heterocycles. The van der Waals surface area contributed by atoms with Crippen molar-refractivity contribution in [3.63, 3.8) is 0 Å². The summed E-state index contributed by atoms with van der Waals surface area (Å²) in [4.78, 5) is 12.7. The van der Waals surface area contributed by atoms with Crippen molar-refractivity contribution in [2.24, 2.45) is 0 Å². The molecule has 0 saturated carbocycles. The highest BCUT2D eigenvalue weighted by molar-refractivity contribution is 9.10. The normalized spacial score (nSPS) is 10.9. The van der Waals surface area contributed by atoms with Gasteiger partial charge in [0.05, 0.1) is 24.2 Å². The number of ether oxygens (including phenoxy) is 2. The largest absolute Gasteiger partial charge is 0.496 e. The maximum atomic E-state index is 12.6. The fraction of sp³-hybridized carbons (Fsp3) is 0.136. The van der Waals surface area contributed by atoms with Gasteiger partial charge in [-0.1, -0.05) is 15.9 Å². The second-order valence-corrected chi connectivity index (χ2v) is 8.98. The second-order valence-electron chi connectivity index (χ2n) is 6.39. The summed E-state index contributed by atoms with van der Waals surface area (Å²) < 4.78 is 39.1. The first-order chi connectivity index (χ1) is 14.8. The molecule has 3 aromatic carbocycles. The van der Waals surface area contributed by atoms with E-state index in [2.05, 4.69) is 26.0 Å². The van der Waals surface area contributed by atoms with Crippen LogP contribution in [0.5, 0.6) is 11.5 Å². The Bertz CT molecular complexity index is 1160. The van der Waals surface area contributed by atoms with E-state index < -0.39 is 10.0 Å². The molecule has 162 valence electrons. The molecule has 0 bridgehead atoms. The predicted molar refractivity (Wildman–Crippen MR) is 124 cm³/mol. The van der Waals surface area contributed by atoms with Crippen LogP contribution in [0.1, 0.15) is 17.3 Å². The van der Waals surface area contributed by atoms with Gasteiger partial charge in [-0.05, 0) is 73.7 Å². The Labute approximate surface area is 189 Å². The van der Waals surface area contributed by atoms with Crippen LogP contribution in [-0.4, -0.2) is 28.0 Å². The number of amides is 1. The lowest BCUT2D eigenvalue weighted by molar-refractivity contribution is 0.102. The molecule has 7 nitrogen and oxygen atoms in total. The van der Waals surface area contributed by atoms with Gasteiger partial charge in [0.1, 0.15) is 11.5 Å². The maximum absolute atomic E-state index is 12.6. The third-order valence-electron chi connectivity index (χ3n) is 4.25. The lowest BCUT2D eigenvalue weighted by Gasteiger charge is -2.11. The van der Waals surface area contributed by atoms with Crippen molar-refractivity contribution in [2.45, 2.75) is 11.8 Å². The molecule has 1 amide bonds. The zero-order valence-corrected chi connectivity index (χ0v) is 19.3. The monoisotopic (exact) mass is 504 g/mol. The highest BCUT2D eigenvalue weighted by Crippen LogP contribution is 2.25. The number of halogens is 1. The summed E-state index contributed by atoms with van der Waals surface area (Å²) in [5, 5.41) is 2.74. The van der Waals surface area contributed by atoms with Crippen molar-refractivity contribution in [1.82, 2.24) is 0 Å². The van der Waals surface area contributed by atoms with Crippen molar-refractivity contribution in [3.05, 3.63) is 76.8 Å². The van der Waals surface area contributed by atoms with Crippen LogP contribution in [-0.2, 0) is 10.0 Å². The summed E-state index contributed by atoms with van der Waals surface area (Å²) in [5.41, 5.74) is 1.22. The van der Waals surface area contributed by atoms with Crippen molar-refractivity contribution in [3.8, 4) is 11.5 Å². The topological polar surface area (TPSA) is 93.7 Å². The fourth-order valence-corrected chi connectivity index (χ4v) is 4.19. The lowest BCUT2D eigenvalue weighted by atomic mass is 10.2. The zero-order valence-electron chi connectivity index (χ0n) is 16.9. The van der Waals surface area contributed by atoms with Gasteiger partial charge < -0.3 is 14.8 Å². The number of nitrogens with one attached hydrogen (secondary N) is 2. The van der Waals surface area contributed by atoms with E-state index >= 15 is 0 Å². The van der Waals surface area contributed by atoms with Crippen LogP contribution in [0.15, 0.2) is 76.1 Å². The van der Waals surface area contributed by atoms with Gasteiger partial charge in [-0.3, -0.25) is 9.52 Å². The van der Waals surface area contributed by atoms with Crippen molar-refractivity contribution in [2.75, 3.05) is 23.8 Å². The van der Waals surface area contributed by atoms with Gasteiger partial charge in [-0.15, -0.1) is 0 Å². The van der Waals surface area contributed by atoms with Crippen molar-refractivity contribution >= 4 is 43.2 Å². The molecular formula is C22H21BrN2O5S. The molecule has 31 heavy (non-hydrogen) atoms. The summed E-state index contributed by atoms with van der Waals surface area (Å²) in [6.07, 6.45) is 0. The zero-order chi connectivity index (χ0) is 22.4. The molecule has 0 saturated heterocycles. The van der Waals surface area contributed by atoms with Gasteiger partial charge in [-0.2, -0.15) is 0 Å². The second kappa shape index (κ2) is 9.84. The summed E-state index contributed by atoms with van der Waals surface area (Å²) in [6, 6.07) is 17.6. The van der Waals surface area contributed by atoms with Gasteiger partial charge in [0.25, 0.3) is 15.9 Å². The van der Waals surface area contributed by atoms with Crippen molar-refractivity contribution in [1.29, 1.82) is 0 Å². The number of hydrogen-bond donors (Lipinski definition) is 2. The van der Waals surface area contributed by atoms with Gasteiger partial charge >= 0.3 is 0 Å². The Morgan fingerprint density at radius 3 is 2.23 bits per heavy atom. The molecule has 0 heterocycles. The van der Waals surface area contributed by atoms with Crippen molar-refractivity contribution < 1.29 is 22.7 Å². The molecule has 0 unspecified atom stereocenters. The Hall–Kier alpha value is -3.04. The molecule has 3 aromatic rings. The highest BCUT2D eigenvalue weighted by Gasteiger charge is 2.16. The van der Waals surface area contributed by atoms with E-state index in [1.54, 1.807) is 42.5 Å². The van der Waals surface area contributed by atoms with Crippen LogP contribution in [0.25, 0.3) is 0 Å². The Kier molecular flexibility index (Phi) is 7.19. The first kappa shape index (κ1) is 22.6. The molecule has 0 aromatic heterocycles. The highest BCUT2D eigenvalue weighted by atomic mass is 79.9. The Morgan fingerprint density at radius 2 is 1.61 bits per heavy atom. The quantitative estimate of drug-likeness (QED) is 0.454. The molecule has 3 rings (SSSR count). The number of methoxy groups -OCH3 is 1. The van der Waals surface area contributed by atoms with Crippen LogP contribution >= 0.6 is 15.9 Å². The molecule has 2 N–H and O–H groups in total. The first-order valence-electron chi connectivity index (χ1n) is 9.33. The number of carbonyl (C=O) groups excluding carboxylic acids is 1. The third kappa shape index (κ3) is 5.77. The van der Waals surface area contributed by atoms with Crippen LogP contribution < -0.4 is 19.5 Å². The van der Waals surface area contributed by atoms with E-state index in [1.165, 1.54) is 31.4 Å². The molecule has 9 heteroatoms. The summed E-state index contributed by atoms with van der Waals surface area (Å²) in [7, 11) is -2.30. The molecule has 0 radical (unpaired) electrons. The summed E-state index contributed by atoms with van der Waals surface area (Å²) in [5.74, 6) is 0.716. The minimum Gasteiger partial charge on any atom is -0.496 e. The number of rotatable bonds is 8. The average Bonchev–Trinajstić information content (AvgIpc) is 2.75. The summed E-state index contributed by atoms with van der Waals surface area (Å²) in [6.45, 7) is 2.40. The minimum atomic E-state index is -3.78. The van der Waals surface area contributed by atoms with Gasteiger partial charge in [0.2, 0.25) is 0 Å². The van der Waals surface area contributed by atoms with Gasteiger partial charge in [-0.25, -0.2) is 8.42 Å². The van der Waals surface area contributed by atoms with E-state index in [0.717, 1.165) is 4.47 Å². The van der Waals surface area contributed by atoms with Crippen LogP contribution in [0.4, 0.5) is 11.4 Å². The SMILES string of the molecule is CCOc1ccc(NS(=O)(=O)c2ccc(NC(=O)c3cc(Br)ccc3OC)cc2)cc1. The predicted octanol–water partition coefficient (Wildman–Crippen LogP) is 4.91. The minimum absolute atomic E-state index is 0.0689. The van der Waals surface area contributed by atoms with Gasteiger partial charge in [0, 0.05) is 15.8 Å². The van der Waals surface area contributed by atoms with Crippen LogP contribution in [0.3, 0.4) is 0 Å². The first-order valence-corrected chi connectivity index (χ1v) is 11.6. The number of sulfonamides is 1. The molecular weight excluding hydrogens is 484 g/mol. The molecule has 0 atom stereocenters.